The maximum absolute atomic E-state index is 13.2. The number of nitrogens with zero attached hydrogens (tertiary/aromatic N) is 2. The van der Waals surface area contributed by atoms with Gasteiger partial charge in [0.1, 0.15) is 5.25 Å². The van der Waals surface area contributed by atoms with Crippen LogP contribution in [0.5, 0.6) is 0 Å². The van der Waals surface area contributed by atoms with Gasteiger partial charge in [0.2, 0.25) is 5.91 Å². The lowest BCUT2D eigenvalue weighted by Gasteiger charge is -2.35. The van der Waals surface area contributed by atoms with E-state index in [1.54, 1.807) is 11.8 Å². The third-order valence-electron chi connectivity index (χ3n) is 5.09. The Bertz CT molecular complexity index is 742. The van der Waals surface area contributed by atoms with Crippen molar-refractivity contribution >= 4 is 17.7 Å². The number of hydrogen-bond donors (Lipinski definition) is 1. The van der Waals surface area contributed by atoms with Crippen LogP contribution in [0.2, 0.25) is 0 Å². The number of rotatable bonds is 2. The van der Waals surface area contributed by atoms with Crippen LogP contribution in [-0.4, -0.2) is 39.8 Å². The summed E-state index contributed by atoms with van der Waals surface area (Å²) in [5, 5.41) is 7.41. The molecule has 4 rings (SSSR count). The van der Waals surface area contributed by atoms with Gasteiger partial charge in [-0.25, -0.2) is 0 Å². The number of thioether (sulfide) groups is 1. The quantitative estimate of drug-likeness (QED) is 0.910. The van der Waals surface area contributed by atoms with Gasteiger partial charge in [-0.05, 0) is 49.1 Å². The second-order valence-electron chi connectivity index (χ2n) is 6.80. The minimum absolute atomic E-state index is 0.0328. The van der Waals surface area contributed by atoms with Gasteiger partial charge in [0.05, 0.1) is 5.69 Å². The lowest BCUT2D eigenvalue weighted by molar-refractivity contribution is -0.132. The van der Waals surface area contributed by atoms with E-state index in [2.05, 4.69) is 45.4 Å². The molecule has 1 fully saturated rings. The van der Waals surface area contributed by atoms with E-state index in [4.69, 9.17) is 0 Å². The van der Waals surface area contributed by atoms with Crippen molar-refractivity contribution in [2.45, 2.75) is 37.4 Å². The molecule has 1 aromatic heterocycles. The number of fused-ring (bicyclic) bond motifs is 1. The zero-order chi connectivity index (χ0) is 16.5. The summed E-state index contributed by atoms with van der Waals surface area (Å²) in [6.07, 6.45) is 3.24. The van der Waals surface area contributed by atoms with Crippen LogP contribution in [0.4, 0.5) is 0 Å². The highest BCUT2D eigenvalue weighted by atomic mass is 32.2. The van der Waals surface area contributed by atoms with Crippen LogP contribution in [0.1, 0.15) is 46.5 Å². The van der Waals surface area contributed by atoms with Crippen molar-refractivity contribution < 1.29 is 4.79 Å². The van der Waals surface area contributed by atoms with Gasteiger partial charge in [0.15, 0.2) is 0 Å². The zero-order valence-electron chi connectivity index (χ0n) is 14.0. The van der Waals surface area contributed by atoms with Gasteiger partial charge in [-0.15, -0.1) is 11.8 Å². The predicted octanol–water partition coefficient (Wildman–Crippen LogP) is 3.45. The SMILES string of the molecule is Cc1cc([C@@H]2CCCN(C(=O)[C@@H]3SCCc4ccccc43)C2)n[nH]1. The predicted molar refractivity (Wildman–Crippen MR) is 97.2 cm³/mol. The Morgan fingerprint density at radius 1 is 1.38 bits per heavy atom. The van der Waals surface area contributed by atoms with Crippen molar-refractivity contribution in [1.82, 2.24) is 15.1 Å². The molecule has 0 bridgehead atoms. The van der Waals surface area contributed by atoms with Crippen LogP contribution in [0.3, 0.4) is 0 Å². The summed E-state index contributed by atoms with van der Waals surface area (Å²) < 4.78 is 0. The highest BCUT2D eigenvalue weighted by Gasteiger charge is 2.33. The number of H-pyrrole nitrogens is 1. The molecule has 126 valence electrons. The molecule has 0 radical (unpaired) electrons. The molecule has 2 atom stereocenters. The number of aromatic nitrogens is 2. The molecule has 1 N–H and O–H groups in total. The summed E-state index contributed by atoms with van der Waals surface area (Å²) in [6.45, 7) is 3.69. The second kappa shape index (κ2) is 6.63. The van der Waals surface area contributed by atoms with E-state index < -0.39 is 0 Å². The fourth-order valence-corrected chi connectivity index (χ4v) is 5.11. The number of carbonyl (C=O) groups is 1. The Kier molecular flexibility index (Phi) is 4.35. The number of benzene rings is 1. The fourth-order valence-electron chi connectivity index (χ4n) is 3.83. The molecule has 1 saturated heterocycles. The number of likely N-dealkylation sites (tertiary alicyclic amines) is 1. The maximum atomic E-state index is 13.2. The summed E-state index contributed by atoms with van der Waals surface area (Å²) in [5.41, 5.74) is 4.74. The van der Waals surface area contributed by atoms with Crippen molar-refractivity contribution in [1.29, 1.82) is 0 Å². The van der Waals surface area contributed by atoms with E-state index in [9.17, 15) is 4.79 Å². The minimum atomic E-state index is -0.0328. The molecule has 2 aliphatic rings. The lowest BCUT2D eigenvalue weighted by Crippen LogP contribution is -2.41. The van der Waals surface area contributed by atoms with Crippen LogP contribution in [0, 0.1) is 6.92 Å². The van der Waals surface area contributed by atoms with Gasteiger partial charge in [0, 0.05) is 24.7 Å². The van der Waals surface area contributed by atoms with Gasteiger partial charge in [-0.2, -0.15) is 5.10 Å². The summed E-state index contributed by atoms with van der Waals surface area (Å²) >= 11 is 1.80. The first-order valence-corrected chi connectivity index (χ1v) is 9.77. The van der Waals surface area contributed by atoms with Crippen LogP contribution in [0.15, 0.2) is 30.3 Å². The number of nitrogens with one attached hydrogen (secondary N) is 1. The molecule has 0 unspecified atom stereocenters. The number of aromatic amines is 1. The third-order valence-corrected chi connectivity index (χ3v) is 6.32. The van der Waals surface area contributed by atoms with Gasteiger partial charge < -0.3 is 4.90 Å². The Balaban J connectivity index is 1.52. The van der Waals surface area contributed by atoms with Crippen molar-refractivity contribution in [2.24, 2.45) is 0 Å². The molecule has 1 aromatic carbocycles. The largest absolute Gasteiger partial charge is 0.341 e. The van der Waals surface area contributed by atoms with Gasteiger partial charge in [0.25, 0.3) is 0 Å². The first-order valence-electron chi connectivity index (χ1n) is 8.72. The van der Waals surface area contributed by atoms with E-state index in [-0.39, 0.29) is 11.2 Å². The first kappa shape index (κ1) is 15.8. The first-order chi connectivity index (χ1) is 11.7. The van der Waals surface area contributed by atoms with Crippen LogP contribution in [-0.2, 0) is 11.2 Å². The molecule has 4 nitrogen and oxygen atoms in total. The number of hydrogen-bond acceptors (Lipinski definition) is 3. The summed E-state index contributed by atoms with van der Waals surface area (Å²) in [4.78, 5) is 15.2. The molecule has 0 aliphatic carbocycles. The molecule has 5 heteroatoms. The van der Waals surface area contributed by atoms with Crippen LogP contribution >= 0.6 is 11.8 Å². The molecule has 0 spiro atoms. The van der Waals surface area contributed by atoms with E-state index >= 15 is 0 Å². The normalized spacial score (nSPS) is 23.8. The minimum Gasteiger partial charge on any atom is -0.341 e. The third kappa shape index (κ3) is 2.97. The molecule has 1 amide bonds. The van der Waals surface area contributed by atoms with Gasteiger partial charge in [-0.1, -0.05) is 24.3 Å². The molecular weight excluding hydrogens is 318 g/mol. The summed E-state index contributed by atoms with van der Waals surface area (Å²) in [6, 6.07) is 10.5. The Labute approximate surface area is 147 Å². The Morgan fingerprint density at radius 3 is 3.08 bits per heavy atom. The molecule has 0 saturated carbocycles. The highest BCUT2D eigenvalue weighted by Crippen LogP contribution is 2.39. The zero-order valence-corrected chi connectivity index (χ0v) is 14.8. The summed E-state index contributed by atoms with van der Waals surface area (Å²) in [7, 11) is 0. The molecule has 2 aliphatic heterocycles. The monoisotopic (exact) mass is 341 g/mol. The average molecular weight is 341 g/mol. The number of carbonyl (C=O) groups excluding carboxylic acids is 1. The average Bonchev–Trinajstić information content (AvgIpc) is 3.07. The summed E-state index contributed by atoms with van der Waals surface area (Å²) in [5.74, 6) is 1.67. The van der Waals surface area contributed by atoms with E-state index in [0.29, 0.717) is 5.92 Å². The smallest absolute Gasteiger partial charge is 0.240 e. The van der Waals surface area contributed by atoms with Gasteiger partial charge in [-0.3, -0.25) is 9.89 Å². The number of amides is 1. The van der Waals surface area contributed by atoms with E-state index in [1.807, 2.05) is 6.92 Å². The number of piperidine rings is 1. The Hall–Kier alpha value is -1.75. The van der Waals surface area contributed by atoms with E-state index in [1.165, 1.54) is 11.1 Å². The van der Waals surface area contributed by atoms with Crippen molar-refractivity contribution in [2.75, 3.05) is 18.8 Å². The molecule has 3 heterocycles. The van der Waals surface area contributed by atoms with Crippen LogP contribution < -0.4 is 0 Å². The Morgan fingerprint density at radius 2 is 2.25 bits per heavy atom. The fraction of sp³-hybridized carbons (Fsp3) is 0.474. The van der Waals surface area contributed by atoms with Crippen LogP contribution in [0.25, 0.3) is 0 Å². The van der Waals surface area contributed by atoms with Gasteiger partial charge >= 0.3 is 0 Å². The molecule has 2 aromatic rings. The van der Waals surface area contributed by atoms with E-state index in [0.717, 1.165) is 49.5 Å². The molecular formula is C19H23N3OS. The van der Waals surface area contributed by atoms with Crippen molar-refractivity contribution in [3.05, 3.63) is 52.8 Å². The molecule has 24 heavy (non-hydrogen) atoms. The topological polar surface area (TPSA) is 49.0 Å². The standard InChI is InChI=1S/C19H23N3OS/c1-13-11-17(21-20-13)15-6-4-9-22(12-15)19(23)18-16-7-3-2-5-14(16)8-10-24-18/h2-3,5,7,11,15,18H,4,6,8-10,12H2,1H3,(H,20,21)/t15-,18-/m1/s1. The van der Waals surface area contributed by atoms with Crippen molar-refractivity contribution in [3.8, 4) is 0 Å². The second-order valence-corrected chi connectivity index (χ2v) is 8.01. The lowest BCUT2D eigenvalue weighted by atomic mass is 9.93. The highest BCUT2D eigenvalue weighted by molar-refractivity contribution is 8.00. The maximum Gasteiger partial charge on any atom is 0.240 e. The number of aryl methyl sites for hydroxylation is 2. The van der Waals surface area contributed by atoms with Crippen molar-refractivity contribution in [3.63, 3.8) is 0 Å².